The zero-order valence-electron chi connectivity index (χ0n) is 11.4. The highest BCUT2D eigenvalue weighted by molar-refractivity contribution is 7.90. The average Bonchev–Trinajstić information content (AvgIpc) is 2.39. The van der Waals surface area contributed by atoms with E-state index >= 15 is 0 Å². The first kappa shape index (κ1) is 15.7. The van der Waals surface area contributed by atoms with Gasteiger partial charge in [0, 0.05) is 0 Å². The lowest BCUT2D eigenvalue weighted by molar-refractivity contribution is 0.586. The topological polar surface area (TPSA) is 57.9 Å². The summed E-state index contributed by atoms with van der Waals surface area (Å²) >= 11 is 0. The highest BCUT2D eigenvalue weighted by Crippen LogP contribution is 2.11. The molecule has 0 aliphatic heterocycles. The summed E-state index contributed by atoms with van der Waals surface area (Å²) in [5.74, 6) is 0.337. The van der Waals surface area contributed by atoms with Crippen LogP contribution in [0.5, 0.6) is 0 Å². The molecule has 3 nitrogen and oxygen atoms in total. The molecule has 1 aromatic rings. The maximum Gasteiger partial charge on any atom is 0.154 e. The van der Waals surface area contributed by atoms with Crippen LogP contribution < -0.4 is 0 Å². The van der Waals surface area contributed by atoms with Crippen molar-refractivity contribution < 1.29 is 8.42 Å². The Morgan fingerprint density at radius 2 is 1.68 bits per heavy atom. The Balaban J connectivity index is 2.43. The van der Waals surface area contributed by atoms with Gasteiger partial charge in [-0.25, -0.2) is 8.42 Å². The number of rotatable bonds is 8. The van der Waals surface area contributed by atoms with Gasteiger partial charge in [0.15, 0.2) is 9.84 Å². The number of hydrogen-bond donors (Lipinski definition) is 0. The number of unbranched alkanes of at least 4 members (excludes halogenated alkanes) is 4. The van der Waals surface area contributed by atoms with E-state index in [1.807, 2.05) is 6.07 Å². The van der Waals surface area contributed by atoms with Gasteiger partial charge in [-0.15, -0.1) is 0 Å². The van der Waals surface area contributed by atoms with Gasteiger partial charge in [-0.2, -0.15) is 5.26 Å². The molecule has 0 heterocycles. The monoisotopic (exact) mass is 279 g/mol. The average molecular weight is 279 g/mol. The fourth-order valence-electron chi connectivity index (χ4n) is 1.93. The van der Waals surface area contributed by atoms with Crippen LogP contribution in [-0.4, -0.2) is 14.2 Å². The smallest absolute Gasteiger partial charge is 0.154 e. The Bertz CT molecular complexity index is 512. The van der Waals surface area contributed by atoms with E-state index in [1.54, 1.807) is 24.3 Å². The Kier molecular flexibility index (Phi) is 6.58. The number of hydrogen-bond acceptors (Lipinski definition) is 3. The lowest BCUT2D eigenvalue weighted by Crippen LogP contribution is -2.09. The van der Waals surface area contributed by atoms with E-state index in [0.29, 0.717) is 5.56 Å². The van der Waals surface area contributed by atoms with E-state index in [2.05, 4.69) is 6.92 Å². The second-order valence-electron chi connectivity index (χ2n) is 4.81. The highest BCUT2D eigenvalue weighted by atomic mass is 32.2. The SMILES string of the molecule is CCCCCCCS(=O)(=O)Cc1ccc(C#N)cc1. The third-order valence-electron chi connectivity index (χ3n) is 3.03. The summed E-state index contributed by atoms with van der Waals surface area (Å²) in [6, 6.07) is 8.77. The molecule has 0 aliphatic rings. The van der Waals surface area contributed by atoms with Crippen molar-refractivity contribution in [1.29, 1.82) is 5.26 Å². The molecule has 0 N–H and O–H groups in total. The van der Waals surface area contributed by atoms with E-state index in [1.165, 1.54) is 6.42 Å². The van der Waals surface area contributed by atoms with Crippen LogP contribution in [0.1, 0.15) is 50.2 Å². The molecule has 1 rings (SSSR count). The quantitative estimate of drug-likeness (QED) is 0.685. The molecule has 0 fully saturated rings. The summed E-state index contributed by atoms with van der Waals surface area (Å²) in [5, 5.41) is 8.68. The first-order chi connectivity index (χ1) is 9.07. The molecule has 0 saturated heterocycles. The Labute approximate surface area is 116 Å². The number of sulfone groups is 1. The van der Waals surface area contributed by atoms with E-state index < -0.39 is 9.84 Å². The third-order valence-corrected chi connectivity index (χ3v) is 4.71. The van der Waals surface area contributed by atoms with Crippen LogP contribution in [-0.2, 0) is 15.6 Å². The van der Waals surface area contributed by atoms with Gasteiger partial charge in [0.25, 0.3) is 0 Å². The van der Waals surface area contributed by atoms with Crippen molar-refractivity contribution >= 4 is 9.84 Å². The van der Waals surface area contributed by atoms with Crippen molar-refractivity contribution in [1.82, 2.24) is 0 Å². The number of nitriles is 1. The molecule has 0 amide bonds. The zero-order valence-corrected chi connectivity index (χ0v) is 12.2. The van der Waals surface area contributed by atoms with Crippen LogP contribution >= 0.6 is 0 Å². The minimum atomic E-state index is -3.02. The minimum absolute atomic E-state index is 0.0759. The predicted octanol–water partition coefficient (Wildman–Crippen LogP) is 3.44. The van der Waals surface area contributed by atoms with Crippen molar-refractivity contribution in [3.05, 3.63) is 35.4 Å². The summed E-state index contributed by atoms with van der Waals surface area (Å²) in [5.41, 5.74) is 1.31. The second-order valence-corrected chi connectivity index (χ2v) is 7.00. The van der Waals surface area contributed by atoms with Gasteiger partial charge in [-0.05, 0) is 24.1 Å². The van der Waals surface area contributed by atoms with Gasteiger partial charge in [-0.1, -0.05) is 44.7 Å². The Morgan fingerprint density at radius 1 is 1.05 bits per heavy atom. The molecule has 0 saturated carbocycles. The first-order valence-corrected chi connectivity index (χ1v) is 8.59. The highest BCUT2D eigenvalue weighted by Gasteiger charge is 2.11. The van der Waals surface area contributed by atoms with Crippen LogP contribution in [0.25, 0.3) is 0 Å². The van der Waals surface area contributed by atoms with Crippen molar-refractivity contribution in [2.45, 2.75) is 44.8 Å². The standard InChI is InChI=1S/C15H21NO2S/c1-2-3-4-5-6-11-19(17,18)13-15-9-7-14(12-16)8-10-15/h7-10H,2-6,11,13H2,1H3. The van der Waals surface area contributed by atoms with E-state index in [9.17, 15) is 8.42 Å². The second kappa shape index (κ2) is 7.96. The normalized spacial score (nSPS) is 11.2. The lowest BCUT2D eigenvalue weighted by Gasteiger charge is -2.04. The zero-order chi connectivity index (χ0) is 14.1. The van der Waals surface area contributed by atoms with Gasteiger partial charge in [0.05, 0.1) is 23.1 Å². The molecule has 104 valence electrons. The third kappa shape index (κ3) is 6.40. The van der Waals surface area contributed by atoms with Crippen molar-refractivity contribution in [2.24, 2.45) is 0 Å². The molecule has 0 spiro atoms. The molecular weight excluding hydrogens is 258 g/mol. The van der Waals surface area contributed by atoms with Crippen LogP contribution in [0.2, 0.25) is 0 Å². The summed E-state index contributed by atoms with van der Waals surface area (Å²) in [4.78, 5) is 0. The van der Waals surface area contributed by atoms with E-state index in [-0.39, 0.29) is 11.5 Å². The molecule has 0 unspecified atom stereocenters. The molecular formula is C15H21NO2S. The molecule has 0 aliphatic carbocycles. The van der Waals surface area contributed by atoms with Crippen molar-refractivity contribution in [3.8, 4) is 6.07 Å². The lowest BCUT2D eigenvalue weighted by atomic mass is 10.2. The van der Waals surface area contributed by atoms with Crippen LogP contribution in [0.3, 0.4) is 0 Å². The van der Waals surface area contributed by atoms with Crippen molar-refractivity contribution in [2.75, 3.05) is 5.75 Å². The summed E-state index contributed by atoms with van der Waals surface area (Å²) < 4.78 is 23.8. The van der Waals surface area contributed by atoms with E-state index in [4.69, 9.17) is 5.26 Å². The Morgan fingerprint density at radius 3 is 2.26 bits per heavy atom. The largest absolute Gasteiger partial charge is 0.228 e. The molecule has 0 radical (unpaired) electrons. The van der Waals surface area contributed by atoms with Crippen molar-refractivity contribution in [3.63, 3.8) is 0 Å². The molecule has 0 aromatic heterocycles. The fourth-order valence-corrected chi connectivity index (χ4v) is 3.42. The molecule has 0 atom stereocenters. The first-order valence-electron chi connectivity index (χ1n) is 6.77. The minimum Gasteiger partial charge on any atom is -0.228 e. The van der Waals surface area contributed by atoms with Gasteiger partial charge in [0.2, 0.25) is 0 Å². The van der Waals surface area contributed by atoms with Gasteiger partial charge >= 0.3 is 0 Å². The predicted molar refractivity (Wildman–Crippen MR) is 77.4 cm³/mol. The van der Waals surface area contributed by atoms with Crippen LogP contribution in [0.15, 0.2) is 24.3 Å². The maximum absolute atomic E-state index is 11.9. The molecule has 1 aromatic carbocycles. The fraction of sp³-hybridized carbons (Fsp3) is 0.533. The molecule has 0 bridgehead atoms. The maximum atomic E-state index is 11.9. The summed E-state index contributed by atoms with van der Waals surface area (Å²) in [6.07, 6.45) is 5.19. The number of benzene rings is 1. The summed E-state index contributed by atoms with van der Waals surface area (Å²) in [6.45, 7) is 2.14. The summed E-state index contributed by atoms with van der Waals surface area (Å²) in [7, 11) is -3.02. The molecule has 4 heteroatoms. The van der Waals surface area contributed by atoms with Gasteiger partial charge in [-0.3, -0.25) is 0 Å². The number of nitrogens with zero attached hydrogens (tertiary/aromatic N) is 1. The van der Waals surface area contributed by atoms with Crippen LogP contribution in [0.4, 0.5) is 0 Å². The van der Waals surface area contributed by atoms with Gasteiger partial charge in [0.1, 0.15) is 0 Å². The van der Waals surface area contributed by atoms with Crippen LogP contribution in [0, 0.1) is 11.3 Å². The van der Waals surface area contributed by atoms with E-state index in [0.717, 1.165) is 31.2 Å². The Hall–Kier alpha value is -1.34. The molecule has 19 heavy (non-hydrogen) atoms. The van der Waals surface area contributed by atoms with Gasteiger partial charge < -0.3 is 0 Å².